The molecule has 0 heterocycles. The lowest BCUT2D eigenvalue weighted by Crippen LogP contribution is -2.18. The largest absolute Gasteiger partial charge is 0.489 e. The van der Waals surface area contributed by atoms with Gasteiger partial charge in [0.2, 0.25) is 0 Å². The van der Waals surface area contributed by atoms with Crippen molar-refractivity contribution >= 4 is 17.5 Å². The molecule has 0 saturated heterocycles. The Hall–Kier alpha value is -3.08. The number of esters is 2. The highest BCUT2D eigenvalue weighted by molar-refractivity contribution is 5.93. The van der Waals surface area contributed by atoms with Gasteiger partial charge in [0.15, 0.2) is 0 Å². The number of carbonyl (C=O) groups is 2. The average molecular weight is 366 g/mol. The molecule has 27 heavy (non-hydrogen) atoms. The van der Waals surface area contributed by atoms with E-state index >= 15 is 0 Å². The predicted octanol–water partition coefficient (Wildman–Crippen LogP) is 4.22. The smallest absolute Gasteiger partial charge is 0.321 e. The lowest BCUT2D eigenvalue weighted by atomic mass is 9.99. The Balaban J connectivity index is 1.89. The normalized spacial score (nSPS) is 15.3. The Morgan fingerprint density at radius 2 is 1.81 bits per heavy atom. The first-order valence-corrected chi connectivity index (χ1v) is 8.88. The number of allylic oxidation sites excluding steroid dienone is 1. The van der Waals surface area contributed by atoms with Gasteiger partial charge in [0.05, 0.1) is 6.61 Å². The number of hydrogen-bond donors (Lipinski definition) is 0. The number of benzene rings is 2. The molecule has 2 aromatic rings. The molecule has 0 spiro atoms. The van der Waals surface area contributed by atoms with Crippen molar-refractivity contribution < 1.29 is 23.8 Å². The maximum atomic E-state index is 12.5. The van der Waals surface area contributed by atoms with E-state index in [1.807, 2.05) is 55.5 Å². The first kappa shape index (κ1) is 18.7. The molecule has 5 heteroatoms. The summed E-state index contributed by atoms with van der Waals surface area (Å²) in [6, 6.07) is 15.4. The van der Waals surface area contributed by atoms with Gasteiger partial charge in [-0.1, -0.05) is 36.4 Å². The molecule has 140 valence electrons. The van der Waals surface area contributed by atoms with E-state index in [-0.39, 0.29) is 6.61 Å². The summed E-state index contributed by atoms with van der Waals surface area (Å²) in [5, 5.41) is 0. The maximum absolute atomic E-state index is 12.5. The highest BCUT2D eigenvalue weighted by Gasteiger charge is 2.38. The zero-order valence-corrected chi connectivity index (χ0v) is 15.7. The van der Waals surface area contributed by atoms with Gasteiger partial charge in [-0.05, 0) is 48.2 Å². The fourth-order valence-electron chi connectivity index (χ4n) is 3.18. The first-order chi connectivity index (χ1) is 13.0. The van der Waals surface area contributed by atoms with Crippen LogP contribution in [0.3, 0.4) is 0 Å². The summed E-state index contributed by atoms with van der Waals surface area (Å²) in [5.74, 6) is -0.608. The molecule has 1 aliphatic rings. The van der Waals surface area contributed by atoms with Gasteiger partial charge in [0.25, 0.3) is 0 Å². The van der Waals surface area contributed by atoms with Crippen LogP contribution < -0.4 is 4.74 Å². The summed E-state index contributed by atoms with van der Waals surface area (Å²) in [4.78, 5) is 24.0. The predicted molar refractivity (Wildman–Crippen MR) is 101 cm³/mol. The monoisotopic (exact) mass is 366 g/mol. The Morgan fingerprint density at radius 3 is 2.48 bits per heavy atom. The van der Waals surface area contributed by atoms with E-state index in [0.717, 1.165) is 22.3 Å². The number of carbonyl (C=O) groups excluding carboxylic acids is 2. The summed E-state index contributed by atoms with van der Waals surface area (Å²) < 4.78 is 16.4. The van der Waals surface area contributed by atoms with Gasteiger partial charge >= 0.3 is 11.9 Å². The molecule has 0 aromatic heterocycles. The highest BCUT2D eigenvalue weighted by Crippen LogP contribution is 2.44. The molecule has 0 saturated carbocycles. The van der Waals surface area contributed by atoms with E-state index in [0.29, 0.717) is 18.1 Å². The molecule has 1 unspecified atom stereocenters. The van der Waals surface area contributed by atoms with Crippen LogP contribution in [-0.2, 0) is 25.7 Å². The summed E-state index contributed by atoms with van der Waals surface area (Å²) in [6.45, 7) is 5.60. The van der Waals surface area contributed by atoms with Gasteiger partial charge in [-0.3, -0.25) is 9.59 Å². The molecule has 0 amide bonds. The quantitative estimate of drug-likeness (QED) is 0.716. The van der Waals surface area contributed by atoms with E-state index in [1.165, 1.54) is 6.92 Å². The van der Waals surface area contributed by atoms with Crippen molar-refractivity contribution in [2.75, 3.05) is 6.61 Å². The van der Waals surface area contributed by atoms with Crippen LogP contribution in [-0.4, -0.2) is 18.5 Å². The van der Waals surface area contributed by atoms with Gasteiger partial charge in [-0.2, -0.15) is 0 Å². The van der Waals surface area contributed by atoms with Crippen molar-refractivity contribution in [3.05, 3.63) is 71.0 Å². The number of hydrogen-bond acceptors (Lipinski definition) is 5. The molecular weight excluding hydrogens is 344 g/mol. The second-order valence-corrected chi connectivity index (χ2v) is 6.29. The second-order valence-electron chi connectivity index (χ2n) is 6.29. The third-order valence-corrected chi connectivity index (χ3v) is 4.40. The molecular formula is C22H22O5. The summed E-state index contributed by atoms with van der Waals surface area (Å²) in [5.41, 5.74) is 3.39. The van der Waals surface area contributed by atoms with Crippen molar-refractivity contribution in [2.24, 2.45) is 0 Å². The van der Waals surface area contributed by atoms with Gasteiger partial charge in [0.1, 0.15) is 24.0 Å². The van der Waals surface area contributed by atoms with E-state index in [9.17, 15) is 9.59 Å². The van der Waals surface area contributed by atoms with Crippen molar-refractivity contribution in [2.45, 2.75) is 33.3 Å². The molecule has 1 atom stereocenters. The van der Waals surface area contributed by atoms with E-state index in [4.69, 9.17) is 14.2 Å². The molecule has 0 bridgehead atoms. The minimum absolute atomic E-state index is 0.259. The lowest BCUT2D eigenvalue weighted by Gasteiger charge is -2.15. The third kappa shape index (κ3) is 4.03. The zero-order chi connectivity index (χ0) is 19.4. The topological polar surface area (TPSA) is 61.8 Å². The molecule has 0 radical (unpaired) electrons. The van der Waals surface area contributed by atoms with Crippen molar-refractivity contribution in [1.82, 2.24) is 0 Å². The standard InChI is InChI=1S/C22H22O5/c1-4-25-22(24)20-18-11-10-17(26-13-16-8-6-5-7-9-16)12-19(18)14(2)21(20)27-15(3)23/h5-12,20H,4,13H2,1-3H3. The molecule has 0 fully saturated rings. The number of fused-ring (bicyclic) bond motifs is 1. The minimum Gasteiger partial charge on any atom is -0.489 e. The third-order valence-electron chi connectivity index (χ3n) is 4.40. The Bertz CT molecular complexity index is 883. The van der Waals surface area contributed by atoms with Gasteiger partial charge < -0.3 is 14.2 Å². The number of rotatable bonds is 6. The summed E-state index contributed by atoms with van der Waals surface area (Å²) in [7, 11) is 0. The van der Waals surface area contributed by atoms with Crippen LogP contribution in [0.25, 0.3) is 5.57 Å². The Kier molecular flexibility index (Phi) is 5.60. The Labute approximate surface area is 158 Å². The SMILES string of the molecule is CCOC(=O)C1C(OC(C)=O)=C(C)c2cc(OCc3ccccc3)ccc21. The van der Waals surface area contributed by atoms with E-state index in [1.54, 1.807) is 6.92 Å². The maximum Gasteiger partial charge on any atom is 0.321 e. The molecule has 0 aliphatic heterocycles. The summed E-state index contributed by atoms with van der Waals surface area (Å²) in [6.07, 6.45) is 0. The zero-order valence-electron chi connectivity index (χ0n) is 15.7. The molecule has 3 rings (SSSR count). The van der Waals surface area contributed by atoms with E-state index < -0.39 is 17.9 Å². The van der Waals surface area contributed by atoms with Crippen LogP contribution in [0, 0.1) is 0 Å². The summed E-state index contributed by atoms with van der Waals surface area (Å²) >= 11 is 0. The molecule has 0 N–H and O–H groups in total. The van der Waals surface area contributed by atoms with Gasteiger partial charge in [-0.15, -0.1) is 0 Å². The van der Waals surface area contributed by atoms with Gasteiger partial charge in [0, 0.05) is 6.92 Å². The van der Waals surface area contributed by atoms with Crippen LogP contribution in [0.1, 0.15) is 43.4 Å². The van der Waals surface area contributed by atoms with Crippen molar-refractivity contribution in [3.8, 4) is 5.75 Å². The fourth-order valence-corrected chi connectivity index (χ4v) is 3.18. The molecule has 2 aromatic carbocycles. The molecule has 1 aliphatic carbocycles. The fraction of sp³-hybridized carbons (Fsp3) is 0.273. The number of ether oxygens (including phenoxy) is 3. The van der Waals surface area contributed by atoms with Crippen LogP contribution in [0.4, 0.5) is 0 Å². The Morgan fingerprint density at radius 1 is 1.07 bits per heavy atom. The first-order valence-electron chi connectivity index (χ1n) is 8.88. The van der Waals surface area contributed by atoms with Gasteiger partial charge in [-0.25, -0.2) is 0 Å². The molecule has 5 nitrogen and oxygen atoms in total. The minimum atomic E-state index is -0.730. The van der Waals surface area contributed by atoms with Crippen molar-refractivity contribution in [3.63, 3.8) is 0 Å². The van der Waals surface area contributed by atoms with Crippen LogP contribution in [0.15, 0.2) is 54.3 Å². The van der Waals surface area contributed by atoms with Crippen LogP contribution >= 0.6 is 0 Å². The highest BCUT2D eigenvalue weighted by atomic mass is 16.6. The second kappa shape index (κ2) is 8.08. The van der Waals surface area contributed by atoms with Crippen LogP contribution in [0.2, 0.25) is 0 Å². The van der Waals surface area contributed by atoms with Crippen molar-refractivity contribution in [1.29, 1.82) is 0 Å². The van der Waals surface area contributed by atoms with Crippen LogP contribution in [0.5, 0.6) is 5.75 Å². The lowest BCUT2D eigenvalue weighted by molar-refractivity contribution is -0.146. The average Bonchev–Trinajstić information content (AvgIpc) is 2.92. The van der Waals surface area contributed by atoms with E-state index in [2.05, 4.69) is 0 Å².